The third-order valence-electron chi connectivity index (χ3n) is 2.14. The summed E-state index contributed by atoms with van der Waals surface area (Å²) in [5.41, 5.74) is 2.83. The second kappa shape index (κ2) is 6.16. The summed E-state index contributed by atoms with van der Waals surface area (Å²) in [5.74, 6) is 0. The molecule has 0 amide bonds. The van der Waals surface area contributed by atoms with Crippen LogP contribution in [0.5, 0.6) is 0 Å². The molecule has 0 unspecified atom stereocenters. The van der Waals surface area contributed by atoms with Gasteiger partial charge in [-0.3, -0.25) is 20.0 Å². The van der Waals surface area contributed by atoms with E-state index in [0.29, 0.717) is 11.4 Å². The molecule has 0 saturated heterocycles. The first-order chi connectivity index (χ1) is 8.12. The van der Waals surface area contributed by atoms with E-state index in [4.69, 9.17) is 0 Å². The zero-order valence-corrected chi connectivity index (χ0v) is 13.0. The molecule has 17 heavy (non-hydrogen) atoms. The number of rotatable bonds is 2. The second-order valence-electron chi connectivity index (χ2n) is 3.02. The Morgan fingerprint density at radius 1 is 1.00 bits per heavy atom. The van der Waals surface area contributed by atoms with Gasteiger partial charge in [-0.05, 0) is 45.5 Å². The van der Waals surface area contributed by atoms with Crippen LogP contribution in [0.2, 0.25) is 0 Å². The topological polar surface area (TPSA) is 49.4 Å². The summed E-state index contributed by atoms with van der Waals surface area (Å²) in [7, 11) is 3.42. The number of aliphatic imine (C=N–C) groups is 4. The fourth-order valence-electron chi connectivity index (χ4n) is 1.44. The lowest BCUT2D eigenvalue weighted by molar-refractivity contribution is 1.24. The molecule has 1 aliphatic rings. The van der Waals surface area contributed by atoms with E-state index in [1.165, 1.54) is 0 Å². The highest BCUT2D eigenvalue weighted by molar-refractivity contribution is 9.12. The highest BCUT2D eigenvalue weighted by Crippen LogP contribution is 2.34. The first-order valence-corrected chi connectivity index (χ1v) is 6.40. The number of halogens is 2. The molecule has 0 N–H and O–H groups in total. The third kappa shape index (κ3) is 2.52. The molecule has 0 spiro atoms. The van der Waals surface area contributed by atoms with E-state index in [9.17, 15) is 0 Å². The highest BCUT2D eigenvalue weighted by Gasteiger charge is 2.28. The van der Waals surface area contributed by atoms with E-state index in [0.717, 1.165) is 20.4 Å². The van der Waals surface area contributed by atoms with Gasteiger partial charge in [-0.2, -0.15) is 0 Å². The first-order valence-electron chi connectivity index (χ1n) is 4.82. The molecule has 0 saturated carbocycles. The van der Waals surface area contributed by atoms with Crippen molar-refractivity contribution in [1.82, 2.24) is 0 Å². The van der Waals surface area contributed by atoms with Crippen molar-refractivity contribution < 1.29 is 0 Å². The van der Waals surface area contributed by atoms with Crippen LogP contribution in [0.15, 0.2) is 40.3 Å². The maximum atomic E-state index is 4.28. The van der Waals surface area contributed by atoms with Gasteiger partial charge >= 0.3 is 0 Å². The van der Waals surface area contributed by atoms with Crippen molar-refractivity contribution in [3.8, 4) is 0 Å². The lowest BCUT2D eigenvalue weighted by Crippen LogP contribution is -2.21. The summed E-state index contributed by atoms with van der Waals surface area (Å²) in [4.78, 5) is 16.7. The minimum Gasteiger partial charge on any atom is -0.285 e. The molecule has 0 aromatic rings. The molecule has 0 radical (unpaired) electrons. The van der Waals surface area contributed by atoms with Crippen LogP contribution >= 0.6 is 31.9 Å². The monoisotopic (exact) mass is 358 g/mol. The van der Waals surface area contributed by atoms with E-state index in [1.54, 1.807) is 20.3 Å². The standard InChI is InChI=1S/C11H12Br2N4/c1-5-17-11-7(13)9(15-3)8(14-2)6(12)10(11)16-4/h5H,4H2,1-3H3. The average Bonchev–Trinajstić information content (AvgIpc) is 2.33. The Bertz CT molecular complexity index is 496. The van der Waals surface area contributed by atoms with E-state index >= 15 is 0 Å². The number of nitrogens with zero attached hydrogens (tertiary/aromatic N) is 4. The molecule has 4 nitrogen and oxygen atoms in total. The van der Waals surface area contributed by atoms with Crippen molar-refractivity contribution >= 4 is 56.2 Å². The Kier molecular flexibility index (Phi) is 5.14. The normalized spacial score (nSPS) is 22.2. The van der Waals surface area contributed by atoms with Crippen LogP contribution in [-0.4, -0.2) is 38.5 Å². The Morgan fingerprint density at radius 3 is 1.82 bits per heavy atom. The van der Waals surface area contributed by atoms with Gasteiger partial charge in [0.25, 0.3) is 0 Å². The van der Waals surface area contributed by atoms with Gasteiger partial charge in [0.05, 0.1) is 20.4 Å². The molecule has 0 heterocycles. The summed E-state index contributed by atoms with van der Waals surface area (Å²) >= 11 is 6.95. The number of allylic oxidation sites excluding steroid dienone is 2. The molecule has 0 aromatic heterocycles. The molecular weight excluding hydrogens is 348 g/mol. The van der Waals surface area contributed by atoms with Crippen molar-refractivity contribution in [3.63, 3.8) is 0 Å². The summed E-state index contributed by atoms with van der Waals surface area (Å²) in [5, 5.41) is 0. The average molecular weight is 360 g/mol. The van der Waals surface area contributed by atoms with Crippen LogP contribution in [0.4, 0.5) is 0 Å². The summed E-state index contributed by atoms with van der Waals surface area (Å²) in [6, 6.07) is 0. The van der Waals surface area contributed by atoms with E-state index in [2.05, 4.69) is 58.5 Å². The zero-order valence-electron chi connectivity index (χ0n) is 9.83. The van der Waals surface area contributed by atoms with Gasteiger partial charge in [0.15, 0.2) is 0 Å². The van der Waals surface area contributed by atoms with Crippen molar-refractivity contribution in [2.75, 3.05) is 14.1 Å². The summed E-state index contributed by atoms with van der Waals surface area (Å²) in [6.45, 7) is 5.40. The van der Waals surface area contributed by atoms with Gasteiger partial charge in [-0.1, -0.05) is 0 Å². The second-order valence-corrected chi connectivity index (χ2v) is 4.60. The molecule has 0 aliphatic heterocycles. The molecular formula is C11H12Br2N4. The van der Waals surface area contributed by atoms with Crippen LogP contribution in [0.3, 0.4) is 0 Å². The molecule has 0 bridgehead atoms. The zero-order chi connectivity index (χ0) is 13.0. The number of hydrogen-bond acceptors (Lipinski definition) is 4. The van der Waals surface area contributed by atoms with Crippen LogP contribution in [0.1, 0.15) is 6.92 Å². The minimum atomic E-state index is 0.656. The summed E-state index contributed by atoms with van der Waals surface area (Å²) < 4.78 is 1.52. The number of hydrogen-bond donors (Lipinski definition) is 0. The quantitative estimate of drug-likeness (QED) is 0.537. The smallest absolute Gasteiger partial charge is 0.106 e. The lowest BCUT2D eigenvalue weighted by Gasteiger charge is -2.18. The first kappa shape index (κ1) is 14.2. The highest BCUT2D eigenvalue weighted by atomic mass is 79.9. The third-order valence-corrected chi connectivity index (χ3v) is 3.65. The largest absolute Gasteiger partial charge is 0.285 e. The molecule has 90 valence electrons. The van der Waals surface area contributed by atoms with E-state index in [1.807, 2.05) is 6.92 Å². The fourth-order valence-corrected chi connectivity index (χ4v) is 2.77. The van der Waals surface area contributed by atoms with Crippen molar-refractivity contribution in [2.24, 2.45) is 20.0 Å². The predicted molar refractivity (Wildman–Crippen MR) is 82.3 cm³/mol. The van der Waals surface area contributed by atoms with Crippen LogP contribution < -0.4 is 0 Å². The van der Waals surface area contributed by atoms with Crippen LogP contribution in [0.25, 0.3) is 0 Å². The molecule has 6 heteroatoms. The molecule has 0 aromatic carbocycles. The fraction of sp³-hybridized carbons (Fsp3) is 0.273. The molecule has 0 fully saturated rings. The van der Waals surface area contributed by atoms with Gasteiger partial charge in [0.2, 0.25) is 0 Å². The Morgan fingerprint density at radius 2 is 1.47 bits per heavy atom. The van der Waals surface area contributed by atoms with Crippen LogP contribution in [0, 0.1) is 0 Å². The van der Waals surface area contributed by atoms with Gasteiger partial charge in [0.1, 0.15) is 11.4 Å². The van der Waals surface area contributed by atoms with E-state index in [-0.39, 0.29) is 0 Å². The maximum absolute atomic E-state index is 4.28. The molecule has 1 rings (SSSR count). The minimum absolute atomic E-state index is 0.656. The Labute approximate surface area is 117 Å². The predicted octanol–water partition coefficient (Wildman–Crippen LogP) is 3.15. The van der Waals surface area contributed by atoms with Gasteiger partial charge in [0, 0.05) is 20.3 Å². The Balaban J connectivity index is 3.62. The summed E-state index contributed by atoms with van der Waals surface area (Å²) in [6.07, 6.45) is 1.70. The van der Waals surface area contributed by atoms with Crippen molar-refractivity contribution in [3.05, 3.63) is 20.4 Å². The van der Waals surface area contributed by atoms with Crippen molar-refractivity contribution in [1.29, 1.82) is 0 Å². The van der Waals surface area contributed by atoms with Gasteiger partial charge in [-0.25, -0.2) is 0 Å². The van der Waals surface area contributed by atoms with Crippen molar-refractivity contribution in [2.45, 2.75) is 6.92 Å². The SMILES string of the molecule is C=NC1=C(Br)C(=NC)C(=NC)C(Br)=C1N=CC. The van der Waals surface area contributed by atoms with Gasteiger partial charge in [-0.15, -0.1) is 0 Å². The van der Waals surface area contributed by atoms with Crippen LogP contribution in [-0.2, 0) is 0 Å². The lowest BCUT2D eigenvalue weighted by atomic mass is 10.0. The maximum Gasteiger partial charge on any atom is 0.106 e. The molecule has 1 aliphatic carbocycles. The Hall–Kier alpha value is -0.880. The molecule has 0 atom stereocenters. The van der Waals surface area contributed by atoms with E-state index < -0.39 is 0 Å². The van der Waals surface area contributed by atoms with Gasteiger partial charge < -0.3 is 0 Å².